The van der Waals surface area contributed by atoms with Crippen LogP contribution < -0.4 is 25.2 Å². The highest BCUT2D eigenvalue weighted by molar-refractivity contribution is 5.79. The van der Waals surface area contributed by atoms with Crippen molar-refractivity contribution in [3.05, 3.63) is 58.4 Å². The lowest BCUT2D eigenvalue weighted by Gasteiger charge is -2.32. The molecule has 0 radical (unpaired) electrons. The summed E-state index contributed by atoms with van der Waals surface area (Å²) >= 11 is 0. The number of fused-ring (bicyclic) bond motifs is 1. The van der Waals surface area contributed by atoms with Crippen LogP contribution in [0.25, 0.3) is 11.0 Å². The molecule has 1 fully saturated rings. The van der Waals surface area contributed by atoms with Crippen LogP contribution in [0.2, 0.25) is 0 Å². The van der Waals surface area contributed by atoms with Gasteiger partial charge in [0.25, 0.3) is 5.56 Å². The van der Waals surface area contributed by atoms with Crippen LogP contribution in [0, 0.1) is 5.92 Å². The molecule has 192 valence electrons. The van der Waals surface area contributed by atoms with E-state index in [0.717, 1.165) is 28.1 Å². The molecule has 36 heavy (non-hydrogen) atoms. The van der Waals surface area contributed by atoms with E-state index in [-0.39, 0.29) is 17.4 Å². The molecule has 1 aliphatic rings. The summed E-state index contributed by atoms with van der Waals surface area (Å²) < 4.78 is 13.1. The molecule has 0 unspecified atom stereocenters. The van der Waals surface area contributed by atoms with Gasteiger partial charge in [0.1, 0.15) is 0 Å². The third kappa shape index (κ3) is 5.64. The smallest absolute Gasteiger partial charge is 0.293 e. The number of nitrogens with zero attached hydrogens (tertiary/aromatic N) is 3. The summed E-state index contributed by atoms with van der Waals surface area (Å²) in [6.45, 7) is 9.45. The van der Waals surface area contributed by atoms with E-state index in [1.54, 1.807) is 4.57 Å². The molecule has 3 aromatic rings. The molecule has 8 heteroatoms. The number of nitrogens with one attached hydrogen (secondary N) is 1. The van der Waals surface area contributed by atoms with Gasteiger partial charge in [0.05, 0.1) is 24.2 Å². The molecule has 0 aliphatic carbocycles. The van der Waals surface area contributed by atoms with Gasteiger partial charge in [0.15, 0.2) is 17.3 Å². The SMILES string of the molecule is CCOc1ccc(CCNC(=O)C2CCN(c3nc4ccccc4n(CC)c3=O)CC2)cc1OCC. The van der Waals surface area contributed by atoms with Gasteiger partial charge >= 0.3 is 0 Å². The number of benzene rings is 2. The molecule has 0 spiro atoms. The molecular formula is C28H36N4O4. The summed E-state index contributed by atoms with van der Waals surface area (Å²) in [5.74, 6) is 1.97. The number of carbonyl (C=O) groups is 1. The van der Waals surface area contributed by atoms with Gasteiger partial charge in [-0.1, -0.05) is 18.2 Å². The maximum absolute atomic E-state index is 13.1. The number of aryl methyl sites for hydroxylation is 1. The minimum absolute atomic E-state index is 0.0607. The number of piperidine rings is 1. The van der Waals surface area contributed by atoms with Gasteiger partial charge < -0.3 is 24.3 Å². The number of hydrogen-bond donors (Lipinski definition) is 1. The lowest BCUT2D eigenvalue weighted by atomic mass is 9.96. The summed E-state index contributed by atoms with van der Waals surface area (Å²) in [5, 5.41) is 3.09. The van der Waals surface area contributed by atoms with Crippen LogP contribution in [-0.4, -0.2) is 48.3 Å². The Bertz CT molecular complexity index is 1250. The molecule has 1 amide bonds. The van der Waals surface area contributed by atoms with E-state index in [1.807, 2.05) is 68.1 Å². The van der Waals surface area contributed by atoms with Gasteiger partial charge in [0.2, 0.25) is 5.91 Å². The monoisotopic (exact) mass is 492 g/mol. The van der Waals surface area contributed by atoms with Crippen LogP contribution in [0.1, 0.15) is 39.2 Å². The van der Waals surface area contributed by atoms with Crippen molar-refractivity contribution in [1.82, 2.24) is 14.9 Å². The molecule has 1 aromatic heterocycles. The normalized spacial score (nSPS) is 14.1. The van der Waals surface area contributed by atoms with Crippen molar-refractivity contribution in [2.75, 3.05) is 37.7 Å². The predicted octanol–water partition coefficient (Wildman–Crippen LogP) is 3.79. The second kappa shape index (κ2) is 11.9. The summed E-state index contributed by atoms with van der Waals surface area (Å²) in [6.07, 6.45) is 2.11. The molecule has 8 nitrogen and oxygen atoms in total. The summed E-state index contributed by atoms with van der Waals surface area (Å²) in [6, 6.07) is 13.6. The Morgan fingerprint density at radius 3 is 2.47 bits per heavy atom. The second-order valence-corrected chi connectivity index (χ2v) is 8.92. The fourth-order valence-electron chi connectivity index (χ4n) is 4.78. The lowest BCUT2D eigenvalue weighted by Crippen LogP contribution is -2.43. The average Bonchev–Trinajstić information content (AvgIpc) is 2.90. The Labute approximate surface area is 212 Å². The standard InChI is InChI=1S/C28H36N4O4/c1-4-32-23-10-8-7-9-22(23)30-26(28(32)34)31-17-14-21(15-18-31)27(33)29-16-13-20-11-12-24(35-5-2)25(19-20)36-6-3/h7-12,19,21H,4-6,13-18H2,1-3H3,(H,29,33). The minimum atomic E-state index is -0.0686. The quantitative estimate of drug-likeness (QED) is 0.464. The third-order valence-corrected chi connectivity index (χ3v) is 6.64. The molecule has 1 N–H and O–H groups in total. The maximum Gasteiger partial charge on any atom is 0.293 e. The van der Waals surface area contributed by atoms with Gasteiger partial charge in [-0.2, -0.15) is 0 Å². The average molecular weight is 493 g/mol. The maximum atomic E-state index is 13.1. The Morgan fingerprint density at radius 1 is 1.03 bits per heavy atom. The highest BCUT2D eigenvalue weighted by Gasteiger charge is 2.27. The summed E-state index contributed by atoms with van der Waals surface area (Å²) in [5.41, 5.74) is 2.69. The summed E-state index contributed by atoms with van der Waals surface area (Å²) in [7, 11) is 0. The van der Waals surface area contributed by atoms with E-state index < -0.39 is 0 Å². The lowest BCUT2D eigenvalue weighted by molar-refractivity contribution is -0.125. The molecule has 1 aliphatic heterocycles. The van der Waals surface area contributed by atoms with Crippen LogP contribution in [0.3, 0.4) is 0 Å². The Hall–Kier alpha value is -3.55. The topological polar surface area (TPSA) is 85.7 Å². The molecule has 0 saturated carbocycles. The molecule has 0 bridgehead atoms. The molecule has 4 rings (SSSR count). The van der Waals surface area contributed by atoms with Gasteiger partial charge in [-0.25, -0.2) is 4.98 Å². The van der Waals surface area contributed by atoms with Crippen LogP contribution in [0.15, 0.2) is 47.3 Å². The van der Waals surface area contributed by atoms with Crippen molar-refractivity contribution in [1.29, 1.82) is 0 Å². The first-order valence-electron chi connectivity index (χ1n) is 13.0. The number of amides is 1. The largest absolute Gasteiger partial charge is 0.490 e. The number of ether oxygens (including phenoxy) is 2. The first kappa shape index (κ1) is 25.5. The number of rotatable bonds is 10. The minimum Gasteiger partial charge on any atom is -0.490 e. The first-order valence-corrected chi connectivity index (χ1v) is 13.0. The molecule has 0 atom stereocenters. The number of anilines is 1. The van der Waals surface area contributed by atoms with E-state index in [0.29, 0.717) is 64.5 Å². The Morgan fingerprint density at radius 2 is 1.75 bits per heavy atom. The van der Waals surface area contributed by atoms with E-state index in [1.165, 1.54) is 0 Å². The molecule has 2 heterocycles. The van der Waals surface area contributed by atoms with Gasteiger partial charge in [0, 0.05) is 32.1 Å². The number of carbonyl (C=O) groups excluding carboxylic acids is 1. The Balaban J connectivity index is 1.32. The van der Waals surface area contributed by atoms with Crippen molar-refractivity contribution in [3.8, 4) is 11.5 Å². The van der Waals surface area contributed by atoms with Gasteiger partial charge in [-0.3, -0.25) is 9.59 Å². The zero-order valence-electron chi connectivity index (χ0n) is 21.5. The molecule has 1 saturated heterocycles. The van der Waals surface area contributed by atoms with Crippen molar-refractivity contribution in [3.63, 3.8) is 0 Å². The number of hydrogen-bond acceptors (Lipinski definition) is 6. The fraction of sp³-hybridized carbons (Fsp3) is 0.464. The first-order chi connectivity index (χ1) is 17.5. The van der Waals surface area contributed by atoms with E-state index >= 15 is 0 Å². The summed E-state index contributed by atoms with van der Waals surface area (Å²) in [4.78, 5) is 32.6. The van der Waals surface area contributed by atoms with Gasteiger partial charge in [-0.05, 0) is 69.9 Å². The van der Waals surface area contributed by atoms with Gasteiger partial charge in [-0.15, -0.1) is 0 Å². The Kier molecular flexibility index (Phi) is 8.46. The van der Waals surface area contributed by atoms with Crippen LogP contribution in [-0.2, 0) is 17.8 Å². The zero-order chi connectivity index (χ0) is 25.5. The van der Waals surface area contributed by atoms with E-state index in [2.05, 4.69) is 10.3 Å². The van der Waals surface area contributed by atoms with Crippen molar-refractivity contribution in [2.24, 2.45) is 5.92 Å². The van der Waals surface area contributed by atoms with Crippen molar-refractivity contribution >= 4 is 22.8 Å². The third-order valence-electron chi connectivity index (χ3n) is 6.64. The highest BCUT2D eigenvalue weighted by atomic mass is 16.5. The highest BCUT2D eigenvalue weighted by Crippen LogP contribution is 2.29. The van der Waals surface area contributed by atoms with E-state index in [4.69, 9.17) is 9.47 Å². The van der Waals surface area contributed by atoms with Crippen LogP contribution >= 0.6 is 0 Å². The molecular weight excluding hydrogens is 456 g/mol. The van der Waals surface area contributed by atoms with Crippen LogP contribution in [0.4, 0.5) is 5.82 Å². The van der Waals surface area contributed by atoms with Crippen molar-refractivity contribution < 1.29 is 14.3 Å². The van der Waals surface area contributed by atoms with E-state index in [9.17, 15) is 9.59 Å². The van der Waals surface area contributed by atoms with Crippen LogP contribution in [0.5, 0.6) is 11.5 Å². The number of para-hydroxylation sites is 2. The van der Waals surface area contributed by atoms with Crippen molar-refractivity contribution in [2.45, 2.75) is 46.6 Å². The fourth-order valence-corrected chi connectivity index (χ4v) is 4.78. The number of aromatic nitrogens is 2. The second-order valence-electron chi connectivity index (χ2n) is 8.92. The zero-order valence-corrected chi connectivity index (χ0v) is 21.5. The molecule has 2 aromatic carbocycles. The predicted molar refractivity (Wildman–Crippen MR) is 142 cm³/mol.